The summed E-state index contributed by atoms with van der Waals surface area (Å²) in [4.78, 5) is 33.2. The van der Waals surface area contributed by atoms with Gasteiger partial charge in [0.1, 0.15) is 15.8 Å². The first-order chi connectivity index (χ1) is 14.9. The first-order valence-electron chi connectivity index (χ1n) is 10.00. The molecule has 0 saturated carbocycles. The summed E-state index contributed by atoms with van der Waals surface area (Å²) in [6, 6.07) is 13.3. The van der Waals surface area contributed by atoms with Crippen LogP contribution in [0.4, 0.5) is 5.82 Å². The van der Waals surface area contributed by atoms with Crippen molar-refractivity contribution in [3.8, 4) is 0 Å². The maximum Gasteiger partial charge on any atom is 0.267 e. The third-order valence-electron chi connectivity index (χ3n) is 5.20. The van der Waals surface area contributed by atoms with Crippen molar-refractivity contribution >= 4 is 51.7 Å². The number of hydrogen-bond donors (Lipinski definition) is 1. The molecule has 0 spiro atoms. The number of carbonyl (C=O) groups is 1. The largest absolute Gasteiger partial charge is 0.370 e. The number of rotatable bonds is 5. The van der Waals surface area contributed by atoms with E-state index in [0.717, 1.165) is 11.1 Å². The third-order valence-corrected chi connectivity index (χ3v) is 6.53. The molecule has 1 amide bonds. The van der Waals surface area contributed by atoms with Crippen molar-refractivity contribution in [3.63, 3.8) is 0 Å². The summed E-state index contributed by atoms with van der Waals surface area (Å²) in [6.45, 7) is 6.39. The van der Waals surface area contributed by atoms with Crippen molar-refractivity contribution in [2.45, 2.75) is 26.8 Å². The van der Waals surface area contributed by atoms with E-state index in [1.54, 1.807) is 17.2 Å². The van der Waals surface area contributed by atoms with Crippen LogP contribution in [0.15, 0.2) is 58.4 Å². The van der Waals surface area contributed by atoms with Gasteiger partial charge in [0.05, 0.1) is 16.5 Å². The molecule has 8 heteroatoms. The van der Waals surface area contributed by atoms with Gasteiger partial charge in [-0.05, 0) is 44.0 Å². The molecule has 1 unspecified atom stereocenters. The molecule has 1 aromatic carbocycles. The molecule has 158 valence electrons. The summed E-state index contributed by atoms with van der Waals surface area (Å²) in [5.41, 5.74) is 2.60. The van der Waals surface area contributed by atoms with E-state index >= 15 is 0 Å². The van der Waals surface area contributed by atoms with Gasteiger partial charge in [0.25, 0.3) is 11.5 Å². The zero-order chi connectivity index (χ0) is 22.1. The first-order valence-corrected chi connectivity index (χ1v) is 11.2. The number of fused-ring (bicyclic) bond motifs is 1. The van der Waals surface area contributed by atoms with Gasteiger partial charge in [0.2, 0.25) is 0 Å². The molecular formula is C23H22N4O2S2. The fourth-order valence-electron chi connectivity index (χ4n) is 3.57. The molecule has 1 N–H and O–H groups in total. The number of nitrogens with zero attached hydrogens (tertiary/aromatic N) is 3. The van der Waals surface area contributed by atoms with Crippen LogP contribution < -0.4 is 10.9 Å². The molecule has 0 radical (unpaired) electrons. The van der Waals surface area contributed by atoms with Gasteiger partial charge in [-0.2, -0.15) is 0 Å². The van der Waals surface area contributed by atoms with Crippen molar-refractivity contribution in [3.05, 3.63) is 80.6 Å². The van der Waals surface area contributed by atoms with Crippen LogP contribution in [0.3, 0.4) is 0 Å². The Kier molecular flexibility index (Phi) is 5.93. The molecule has 1 aliphatic rings. The Morgan fingerprint density at radius 1 is 1.19 bits per heavy atom. The van der Waals surface area contributed by atoms with Gasteiger partial charge in [0, 0.05) is 12.7 Å². The normalized spacial score (nSPS) is 16.4. The van der Waals surface area contributed by atoms with Crippen LogP contribution in [0.2, 0.25) is 0 Å². The van der Waals surface area contributed by atoms with Gasteiger partial charge < -0.3 is 5.32 Å². The average molecular weight is 451 g/mol. The predicted octanol–water partition coefficient (Wildman–Crippen LogP) is 4.40. The zero-order valence-electron chi connectivity index (χ0n) is 17.5. The first kappa shape index (κ1) is 21.3. The topological polar surface area (TPSA) is 66.7 Å². The smallest absolute Gasteiger partial charge is 0.267 e. The molecule has 2 aromatic heterocycles. The average Bonchev–Trinajstić information content (AvgIpc) is 3.04. The lowest BCUT2D eigenvalue weighted by Crippen LogP contribution is -2.31. The van der Waals surface area contributed by atoms with Crippen LogP contribution in [0, 0.1) is 6.92 Å². The standard InChI is InChI=1S/C23H22N4O2S2/c1-4-24-19-17(21(28)26-12-8-9-14(2)20(26)25-19)13-18-22(29)27(23(30)31-18)15(3)16-10-6-5-7-11-16/h5-13,15,24H,4H2,1-3H3/b18-13+. The van der Waals surface area contributed by atoms with E-state index < -0.39 is 0 Å². The SMILES string of the molecule is CCNc1nc2c(C)cccn2c(=O)c1/C=C1/SC(=S)N(C(C)c2ccccc2)C1=O. The minimum Gasteiger partial charge on any atom is -0.370 e. The summed E-state index contributed by atoms with van der Waals surface area (Å²) in [5.74, 6) is 0.255. The number of nitrogens with one attached hydrogen (secondary N) is 1. The number of aromatic nitrogens is 2. The molecular weight excluding hydrogens is 428 g/mol. The van der Waals surface area contributed by atoms with Crippen LogP contribution in [0.1, 0.15) is 36.6 Å². The Morgan fingerprint density at radius 2 is 1.94 bits per heavy atom. The van der Waals surface area contributed by atoms with Crippen molar-refractivity contribution in [1.29, 1.82) is 0 Å². The van der Waals surface area contributed by atoms with Crippen LogP contribution >= 0.6 is 24.0 Å². The maximum atomic E-state index is 13.3. The number of amides is 1. The monoisotopic (exact) mass is 450 g/mol. The zero-order valence-corrected chi connectivity index (χ0v) is 19.1. The van der Waals surface area contributed by atoms with E-state index in [0.29, 0.717) is 32.8 Å². The second kappa shape index (κ2) is 8.64. The van der Waals surface area contributed by atoms with Crippen molar-refractivity contribution < 1.29 is 4.79 Å². The number of pyridine rings is 1. The van der Waals surface area contributed by atoms with Crippen molar-refractivity contribution in [1.82, 2.24) is 14.3 Å². The summed E-state index contributed by atoms with van der Waals surface area (Å²) in [7, 11) is 0. The molecule has 31 heavy (non-hydrogen) atoms. The van der Waals surface area contributed by atoms with Gasteiger partial charge in [-0.15, -0.1) is 0 Å². The quantitative estimate of drug-likeness (QED) is 0.459. The number of aryl methyl sites for hydroxylation is 1. The highest BCUT2D eigenvalue weighted by atomic mass is 32.2. The number of carbonyl (C=O) groups excluding carboxylic acids is 1. The van der Waals surface area contributed by atoms with Crippen LogP contribution in [0.25, 0.3) is 11.7 Å². The van der Waals surface area contributed by atoms with Crippen LogP contribution in [-0.2, 0) is 4.79 Å². The minimum atomic E-state index is -0.231. The van der Waals surface area contributed by atoms with Crippen molar-refractivity contribution in [2.24, 2.45) is 0 Å². The Hall–Kier alpha value is -2.97. The molecule has 1 atom stereocenters. The fourth-order valence-corrected chi connectivity index (χ4v) is 4.97. The Morgan fingerprint density at radius 3 is 2.65 bits per heavy atom. The highest BCUT2D eigenvalue weighted by molar-refractivity contribution is 8.26. The molecule has 6 nitrogen and oxygen atoms in total. The minimum absolute atomic E-state index is 0.202. The Balaban J connectivity index is 1.79. The highest BCUT2D eigenvalue weighted by Gasteiger charge is 2.36. The third kappa shape index (κ3) is 3.88. The summed E-state index contributed by atoms with van der Waals surface area (Å²) in [6.07, 6.45) is 3.30. The number of hydrogen-bond acceptors (Lipinski definition) is 6. The number of benzene rings is 1. The number of anilines is 1. The second-order valence-corrected chi connectivity index (χ2v) is 8.91. The van der Waals surface area contributed by atoms with E-state index in [9.17, 15) is 9.59 Å². The van der Waals surface area contributed by atoms with Gasteiger partial charge >= 0.3 is 0 Å². The van der Waals surface area contributed by atoms with E-state index in [-0.39, 0.29) is 17.5 Å². The predicted molar refractivity (Wildman–Crippen MR) is 130 cm³/mol. The lowest BCUT2D eigenvalue weighted by atomic mass is 10.1. The fraction of sp³-hybridized carbons (Fsp3) is 0.217. The molecule has 0 aliphatic carbocycles. The second-order valence-electron chi connectivity index (χ2n) is 7.23. The van der Waals surface area contributed by atoms with Gasteiger partial charge in [-0.25, -0.2) is 4.98 Å². The Labute approximate surface area is 190 Å². The molecule has 3 heterocycles. The molecule has 3 aromatic rings. The number of thiocarbonyl (C=S) groups is 1. The van der Waals surface area contributed by atoms with Crippen LogP contribution in [-0.4, -0.2) is 31.1 Å². The molecule has 0 bridgehead atoms. The lowest BCUT2D eigenvalue weighted by molar-refractivity contribution is -0.123. The molecule has 1 saturated heterocycles. The van der Waals surface area contributed by atoms with Gasteiger partial charge in [0.15, 0.2) is 0 Å². The lowest BCUT2D eigenvalue weighted by Gasteiger charge is -2.23. The van der Waals surface area contributed by atoms with E-state index in [2.05, 4.69) is 10.3 Å². The van der Waals surface area contributed by atoms with Gasteiger partial charge in [-0.3, -0.25) is 18.9 Å². The van der Waals surface area contributed by atoms with E-state index in [1.165, 1.54) is 16.2 Å². The Bertz CT molecular complexity index is 1270. The van der Waals surface area contributed by atoms with Gasteiger partial charge in [-0.1, -0.05) is 60.4 Å². The number of thioether (sulfide) groups is 1. The van der Waals surface area contributed by atoms with E-state index in [4.69, 9.17) is 12.2 Å². The summed E-state index contributed by atoms with van der Waals surface area (Å²) in [5, 5.41) is 3.16. The maximum absolute atomic E-state index is 13.3. The molecule has 1 fully saturated rings. The van der Waals surface area contributed by atoms with Crippen molar-refractivity contribution in [2.75, 3.05) is 11.9 Å². The summed E-state index contributed by atoms with van der Waals surface area (Å²) >= 11 is 6.72. The summed E-state index contributed by atoms with van der Waals surface area (Å²) < 4.78 is 1.98. The molecule has 4 rings (SSSR count). The van der Waals surface area contributed by atoms with E-state index in [1.807, 2.05) is 63.2 Å². The molecule has 1 aliphatic heterocycles. The highest BCUT2D eigenvalue weighted by Crippen LogP contribution is 2.38. The van der Waals surface area contributed by atoms with Crippen LogP contribution in [0.5, 0.6) is 0 Å².